The largest absolute Gasteiger partial charge is 0.454 e. The number of anilines is 1. The van der Waals surface area contributed by atoms with E-state index in [1.807, 2.05) is 12.1 Å². The van der Waals surface area contributed by atoms with Crippen LogP contribution in [0.3, 0.4) is 0 Å². The number of likely N-dealkylation sites (tertiary alicyclic amines) is 1. The number of hydrogen-bond acceptors (Lipinski definition) is 6. The number of benzene rings is 1. The number of nitrogens with one attached hydrogen (secondary N) is 2. The average Bonchev–Trinajstić information content (AvgIpc) is 3.24. The quantitative estimate of drug-likeness (QED) is 0.841. The van der Waals surface area contributed by atoms with Crippen LogP contribution in [0, 0.1) is 12.8 Å². The minimum atomic E-state index is 0.0265. The Labute approximate surface area is 145 Å². The van der Waals surface area contributed by atoms with Gasteiger partial charge in [-0.15, -0.1) is 10.2 Å². The molecule has 1 saturated heterocycles. The molecule has 8 nitrogen and oxygen atoms in total. The third-order valence-corrected chi connectivity index (χ3v) is 4.67. The highest BCUT2D eigenvalue weighted by Crippen LogP contribution is 2.34. The van der Waals surface area contributed by atoms with Crippen molar-refractivity contribution in [2.75, 3.05) is 25.2 Å². The number of quaternary nitrogens is 1. The van der Waals surface area contributed by atoms with Gasteiger partial charge in [0.2, 0.25) is 18.6 Å². The molecule has 1 aromatic heterocycles. The number of aryl methyl sites for hydroxylation is 1. The number of carbonyl (C=O) groups is 1. The molecule has 0 unspecified atom stereocenters. The molecule has 0 saturated carbocycles. The molecule has 0 atom stereocenters. The molecule has 0 radical (unpaired) electrons. The van der Waals surface area contributed by atoms with Gasteiger partial charge in [0.05, 0.1) is 13.1 Å². The van der Waals surface area contributed by atoms with E-state index in [2.05, 4.69) is 15.5 Å². The van der Waals surface area contributed by atoms with Gasteiger partial charge in [0.25, 0.3) is 5.89 Å². The zero-order valence-corrected chi connectivity index (χ0v) is 14.1. The summed E-state index contributed by atoms with van der Waals surface area (Å²) in [6.45, 7) is 4.57. The minimum Gasteiger partial charge on any atom is -0.454 e. The van der Waals surface area contributed by atoms with Gasteiger partial charge < -0.3 is 24.1 Å². The van der Waals surface area contributed by atoms with Gasteiger partial charge in [0.1, 0.15) is 0 Å². The van der Waals surface area contributed by atoms with Crippen LogP contribution in [0.15, 0.2) is 22.6 Å². The molecule has 8 heteroatoms. The maximum Gasteiger partial charge on any atom is 0.271 e. The Morgan fingerprint density at radius 3 is 2.80 bits per heavy atom. The monoisotopic (exact) mass is 345 g/mol. The van der Waals surface area contributed by atoms with Gasteiger partial charge in [-0.1, -0.05) is 0 Å². The Morgan fingerprint density at radius 2 is 2.04 bits per heavy atom. The summed E-state index contributed by atoms with van der Waals surface area (Å²) in [5, 5.41) is 10.9. The Morgan fingerprint density at radius 1 is 1.24 bits per heavy atom. The van der Waals surface area contributed by atoms with Gasteiger partial charge in [-0.2, -0.15) is 0 Å². The molecule has 1 aromatic carbocycles. The second-order valence-corrected chi connectivity index (χ2v) is 6.47. The molecule has 0 bridgehead atoms. The molecule has 0 aliphatic carbocycles. The first-order valence-electron chi connectivity index (χ1n) is 8.50. The minimum absolute atomic E-state index is 0.0265. The Balaban J connectivity index is 1.29. The van der Waals surface area contributed by atoms with E-state index >= 15 is 0 Å². The lowest BCUT2D eigenvalue weighted by atomic mass is 9.96. The van der Waals surface area contributed by atoms with Crippen molar-refractivity contribution in [1.29, 1.82) is 0 Å². The predicted molar refractivity (Wildman–Crippen MR) is 87.4 cm³/mol. The van der Waals surface area contributed by atoms with Crippen molar-refractivity contribution in [1.82, 2.24) is 10.2 Å². The molecule has 4 rings (SSSR count). The molecular formula is C17H21N4O4+. The SMILES string of the molecule is Cc1nnc(C[NH+]2CCC(C(=O)Nc3ccc4c(c3)OCO4)CC2)o1. The second-order valence-electron chi connectivity index (χ2n) is 6.47. The van der Waals surface area contributed by atoms with Crippen LogP contribution >= 0.6 is 0 Å². The summed E-state index contributed by atoms with van der Waals surface area (Å²) in [6.07, 6.45) is 1.69. The number of carbonyl (C=O) groups excluding carboxylic acids is 1. The molecule has 1 amide bonds. The number of nitrogens with zero attached hydrogens (tertiary/aromatic N) is 2. The molecule has 2 aliphatic heterocycles. The zero-order valence-electron chi connectivity index (χ0n) is 14.1. The second kappa shape index (κ2) is 6.72. The van der Waals surface area contributed by atoms with E-state index in [1.54, 1.807) is 13.0 Å². The van der Waals surface area contributed by atoms with Crippen LogP contribution in [-0.4, -0.2) is 36.0 Å². The smallest absolute Gasteiger partial charge is 0.271 e. The van der Waals surface area contributed by atoms with E-state index in [4.69, 9.17) is 13.9 Å². The van der Waals surface area contributed by atoms with Crippen LogP contribution in [0.5, 0.6) is 11.5 Å². The molecule has 25 heavy (non-hydrogen) atoms. The summed E-state index contributed by atoms with van der Waals surface area (Å²) in [4.78, 5) is 13.9. The number of piperidine rings is 1. The van der Waals surface area contributed by atoms with Crippen molar-refractivity contribution >= 4 is 11.6 Å². The van der Waals surface area contributed by atoms with Crippen LogP contribution in [-0.2, 0) is 11.3 Å². The predicted octanol–water partition coefficient (Wildman–Crippen LogP) is 0.540. The number of aromatic nitrogens is 2. The van der Waals surface area contributed by atoms with Crippen molar-refractivity contribution in [2.45, 2.75) is 26.3 Å². The molecular weight excluding hydrogens is 324 g/mol. The van der Waals surface area contributed by atoms with E-state index in [1.165, 1.54) is 4.90 Å². The molecule has 3 heterocycles. The number of rotatable bonds is 4. The summed E-state index contributed by atoms with van der Waals surface area (Å²) in [7, 11) is 0. The zero-order chi connectivity index (χ0) is 17.2. The van der Waals surface area contributed by atoms with E-state index in [0.717, 1.165) is 38.2 Å². The lowest BCUT2D eigenvalue weighted by Crippen LogP contribution is -3.11. The maximum atomic E-state index is 12.5. The summed E-state index contributed by atoms with van der Waals surface area (Å²) < 4.78 is 16.1. The maximum absolute atomic E-state index is 12.5. The Hall–Kier alpha value is -2.61. The van der Waals surface area contributed by atoms with Crippen molar-refractivity contribution in [3.05, 3.63) is 30.0 Å². The van der Waals surface area contributed by atoms with Crippen molar-refractivity contribution in [3.8, 4) is 11.5 Å². The molecule has 1 fully saturated rings. The summed E-state index contributed by atoms with van der Waals surface area (Å²) in [5.41, 5.74) is 0.741. The van der Waals surface area contributed by atoms with Crippen LogP contribution in [0.25, 0.3) is 0 Å². The number of hydrogen-bond donors (Lipinski definition) is 2. The lowest BCUT2D eigenvalue weighted by Gasteiger charge is -2.27. The topological polar surface area (TPSA) is 90.9 Å². The van der Waals surface area contributed by atoms with E-state index < -0.39 is 0 Å². The lowest BCUT2D eigenvalue weighted by molar-refractivity contribution is -0.920. The fourth-order valence-corrected chi connectivity index (χ4v) is 3.31. The molecule has 2 aromatic rings. The first kappa shape index (κ1) is 15.9. The molecule has 0 spiro atoms. The average molecular weight is 345 g/mol. The third kappa shape index (κ3) is 3.58. The highest BCUT2D eigenvalue weighted by atomic mass is 16.7. The van der Waals surface area contributed by atoms with E-state index in [0.29, 0.717) is 23.3 Å². The van der Waals surface area contributed by atoms with E-state index in [-0.39, 0.29) is 18.6 Å². The molecule has 2 aliphatic rings. The van der Waals surface area contributed by atoms with Gasteiger partial charge in [0.15, 0.2) is 18.0 Å². The van der Waals surface area contributed by atoms with Crippen LogP contribution in [0.2, 0.25) is 0 Å². The van der Waals surface area contributed by atoms with Crippen molar-refractivity contribution in [2.24, 2.45) is 5.92 Å². The fourth-order valence-electron chi connectivity index (χ4n) is 3.31. The number of ether oxygens (including phenoxy) is 2. The van der Waals surface area contributed by atoms with Gasteiger partial charge >= 0.3 is 0 Å². The van der Waals surface area contributed by atoms with Gasteiger partial charge in [0, 0.05) is 37.4 Å². The molecule has 132 valence electrons. The van der Waals surface area contributed by atoms with Crippen LogP contribution in [0.4, 0.5) is 5.69 Å². The summed E-state index contributed by atoms with van der Waals surface area (Å²) in [5.74, 6) is 2.73. The summed E-state index contributed by atoms with van der Waals surface area (Å²) >= 11 is 0. The third-order valence-electron chi connectivity index (χ3n) is 4.67. The standard InChI is InChI=1S/C17H20N4O4/c1-11-19-20-16(25-11)9-21-6-4-12(5-7-21)17(22)18-13-2-3-14-15(8-13)24-10-23-14/h2-3,8,12H,4-7,9-10H2,1H3,(H,18,22)/p+1. The van der Waals surface area contributed by atoms with Crippen molar-refractivity contribution < 1.29 is 23.6 Å². The highest BCUT2D eigenvalue weighted by molar-refractivity contribution is 5.92. The van der Waals surface area contributed by atoms with Crippen molar-refractivity contribution in [3.63, 3.8) is 0 Å². The molecule has 2 N–H and O–H groups in total. The van der Waals surface area contributed by atoms with Gasteiger partial charge in [-0.25, -0.2) is 0 Å². The van der Waals surface area contributed by atoms with Crippen LogP contribution in [0.1, 0.15) is 24.6 Å². The van der Waals surface area contributed by atoms with Crippen LogP contribution < -0.4 is 19.7 Å². The fraction of sp³-hybridized carbons (Fsp3) is 0.471. The first-order chi connectivity index (χ1) is 12.2. The Bertz CT molecular complexity index is 768. The van der Waals surface area contributed by atoms with Gasteiger partial charge in [-0.05, 0) is 12.1 Å². The number of fused-ring (bicyclic) bond motifs is 1. The normalized spacial score (nSPS) is 22.0. The Kier molecular flexibility index (Phi) is 4.27. The van der Waals surface area contributed by atoms with Gasteiger partial charge in [-0.3, -0.25) is 4.79 Å². The first-order valence-corrected chi connectivity index (χ1v) is 8.50. The summed E-state index contributed by atoms with van der Waals surface area (Å²) in [6, 6.07) is 5.46. The number of amides is 1. The van der Waals surface area contributed by atoms with E-state index in [9.17, 15) is 4.79 Å². The highest BCUT2D eigenvalue weighted by Gasteiger charge is 2.28.